The lowest BCUT2D eigenvalue weighted by molar-refractivity contribution is 0.386. The molecule has 0 atom stereocenters. The van der Waals surface area contributed by atoms with Crippen LogP contribution in [0, 0.1) is 5.82 Å². The number of aromatic nitrogens is 2. The van der Waals surface area contributed by atoms with Crippen LogP contribution in [0.15, 0.2) is 30.5 Å². The summed E-state index contributed by atoms with van der Waals surface area (Å²) >= 11 is 0. The first-order chi connectivity index (χ1) is 11.5. The average Bonchev–Trinajstić information content (AvgIpc) is 2.60. The standard InChI is InChI=1S/C17H20FN3O2S/c1-2-3-10-24(22,23)21-9-8-16-14(12-21)11-19-17(20-16)13-4-6-15(18)7-5-13/h4-7,11H,2-3,8-10,12H2,1H3. The van der Waals surface area contributed by atoms with E-state index < -0.39 is 10.0 Å². The van der Waals surface area contributed by atoms with Crippen molar-refractivity contribution in [2.24, 2.45) is 0 Å². The molecule has 1 aliphatic heterocycles. The Bertz CT molecular complexity index is 822. The van der Waals surface area contributed by atoms with Gasteiger partial charge in [-0.15, -0.1) is 0 Å². The second-order valence-electron chi connectivity index (χ2n) is 5.93. The highest BCUT2D eigenvalue weighted by Gasteiger charge is 2.27. The second-order valence-corrected chi connectivity index (χ2v) is 8.01. The van der Waals surface area contributed by atoms with Crippen LogP contribution in [0.2, 0.25) is 0 Å². The van der Waals surface area contributed by atoms with Crippen LogP contribution in [0.3, 0.4) is 0 Å². The molecule has 2 aromatic rings. The molecule has 1 aliphatic rings. The van der Waals surface area contributed by atoms with Crippen LogP contribution in [0.1, 0.15) is 31.0 Å². The van der Waals surface area contributed by atoms with E-state index >= 15 is 0 Å². The molecule has 24 heavy (non-hydrogen) atoms. The van der Waals surface area contributed by atoms with Crippen molar-refractivity contribution in [1.29, 1.82) is 0 Å². The molecule has 0 unspecified atom stereocenters. The zero-order valence-electron chi connectivity index (χ0n) is 13.6. The molecule has 0 amide bonds. The van der Waals surface area contributed by atoms with Gasteiger partial charge >= 0.3 is 0 Å². The van der Waals surface area contributed by atoms with Gasteiger partial charge in [0.05, 0.1) is 11.4 Å². The molecule has 3 rings (SSSR count). The van der Waals surface area contributed by atoms with Crippen LogP contribution in [0.5, 0.6) is 0 Å². The van der Waals surface area contributed by atoms with Crippen molar-refractivity contribution in [3.05, 3.63) is 47.5 Å². The fraction of sp³-hybridized carbons (Fsp3) is 0.412. The predicted molar refractivity (Wildman–Crippen MR) is 90.2 cm³/mol. The molecule has 0 saturated carbocycles. The van der Waals surface area contributed by atoms with Gasteiger partial charge < -0.3 is 0 Å². The Labute approximate surface area is 141 Å². The molecule has 2 heterocycles. The van der Waals surface area contributed by atoms with E-state index in [0.29, 0.717) is 31.8 Å². The molecule has 128 valence electrons. The molecule has 0 N–H and O–H groups in total. The molecule has 0 radical (unpaired) electrons. The Morgan fingerprint density at radius 2 is 2.00 bits per heavy atom. The van der Waals surface area contributed by atoms with E-state index in [1.165, 1.54) is 16.4 Å². The molecule has 7 heteroatoms. The van der Waals surface area contributed by atoms with Crippen LogP contribution in [-0.2, 0) is 23.0 Å². The van der Waals surface area contributed by atoms with Gasteiger partial charge in [-0.25, -0.2) is 22.8 Å². The topological polar surface area (TPSA) is 63.2 Å². The lowest BCUT2D eigenvalue weighted by Crippen LogP contribution is -2.37. The van der Waals surface area contributed by atoms with Gasteiger partial charge in [-0.2, -0.15) is 4.31 Å². The van der Waals surface area contributed by atoms with Crippen LogP contribution in [-0.4, -0.2) is 35.0 Å². The summed E-state index contributed by atoms with van der Waals surface area (Å²) in [6, 6.07) is 6.03. The first-order valence-electron chi connectivity index (χ1n) is 8.08. The minimum Gasteiger partial charge on any atom is -0.236 e. The van der Waals surface area contributed by atoms with Crippen LogP contribution in [0.4, 0.5) is 4.39 Å². The van der Waals surface area contributed by atoms with Crippen LogP contribution >= 0.6 is 0 Å². The van der Waals surface area contributed by atoms with Gasteiger partial charge in [0, 0.05) is 36.8 Å². The molecular weight excluding hydrogens is 329 g/mol. The number of hydrogen-bond donors (Lipinski definition) is 0. The van der Waals surface area contributed by atoms with Gasteiger partial charge in [-0.1, -0.05) is 13.3 Å². The minimum absolute atomic E-state index is 0.188. The van der Waals surface area contributed by atoms with Crippen molar-refractivity contribution in [2.75, 3.05) is 12.3 Å². The van der Waals surface area contributed by atoms with Gasteiger partial charge in [0.15, 0.2) is 5.82 Å². The highest BCUT2D eigenvalue weighted by Crippen LogP contribution is 2.23. The quantitative estimate of drug-likeness (QED) is 0.833. The Kier molecular flexibility index (Phi) is 4.91. The average molecular weight is 349 g/mol. The molecule has 1 aromatic carbocycles. The van der Waals surface area contributed by atoms with E-state index in [9.17, 15) is 12.8 Å². The van der Waals surface area contributed by atoms with E-state index in [1.54, 1.807) is 18.3 Å². The van der Waals surface area contributed by atoms with Gasteiger partial charge in [-0.3, -0.25) is 0 Å². The van der Waals surface area contributed by atoms with Crippen molar-refractivity contribution in [3.8, 4) is 11.4 Å². The van der Waals surface area contributed by atoms with E-state index in [1.807, 2.05) is 6.92 Å². The molecule has 0 aliphatic carbocycles. The Balaban J connectivity index is 1.80. The van der Waals surface area contributed by atoms with Gasteiger partial charge in [0.1, 0.15) is 5.82 Å². The summed E-state index contributed by atoms with van der Waals surface area (Å²) in [5, 5.41) is 0. The lowest BCUT2D eigenvalue weighted by atomic mass is 10.1. The summed E-state index contributed by atoms with van der Waals surface area (Å²) in [7, 11) is -3.22. The van der Waals surface area contributed by atoms with Crippen LogP contribution < -0.4 is 0 Å². The van der Waals surface area contributed by atoms with E-state index in [-0.39, 0.29) is 11.6 Å². The fourth-order valence-corrected chi connectivity index (χ4v) is 4.34. The molecule has 0 saturated heterocycles. The number of sulfonamides is 1. The Morgan fingerprint density at radius 3 is 2.71 bits per heavy atom. The van der Waals surface area contributed by atoms with E-state index in [4.69, 9.17) is 0 Å². The van der Waals surface area contributed by atoms with Gasteiger partial charge in [0.2, 0.25) is 10.0 Å². The maximum atomic E-state index is 13.0. The van der Waals surface area contributed by atoms with Crippen LogP contribution in [0.25, 0.3) is 11.4 Å². The maximum Gasteiger partial charge on any atom is 0.214 e. The van der Waals surface area contributed by atoms with E-state index in [2.05, 4.69) is 9.97 Å². The minimum atomic E-state index is -3.22. The Hall–Kier alpha value is -1.86. The molecule has 0 spiro atoms. The number of fused-ring (bicyclic) bond motifs is 1. The number of nitrogens with zero attached hydrogens (tertiary/aromatic N) is 3. The summed E-state index contributed by atoms with van der Waals surface area (Å²) in [5.74, 6) is 0.425. The molecule has 0 fully saturated rings. The summed E-state index contributed by atoms with van der Waals surface area (Å²) in [4.78, 5) is 8.85. The third-order valence-corrected chi connectivity index (χ3v) is 6.05. The van der Waals surface area contributed by atoms with E-state index in [0.717, 1.165) is 23.2 Å². The second kappa shape index (κ2) is 6.94. The lowest BCUT2D eigenvalue weighted by Gasteiger charge is -2.27. The monoisotopic (exact) mass is 349 g/mol. The van der Waals surface area contributed by atoms with Gasteiger partial charge in [0.25, 0.3) is 0 Å². The molecule has 1 aromatic heterocycles. The molecular formula is C17H20FN3O2S. The Morgan fingerprint density at radius 1 is 1.25 bits per heavy atom. The largest absolute Gasteiger partial charge is 0.236 e. The normalized spacial score (nSPS) is 15.2. The highest BCUT2D eigenvalue weighted by atomic mass is 32.2. The highest BCUT2D eigenvalue weighted by molar-refractivity contribution is 7.89. The summed E-state index contributed by atoms with van der Waals surface area (Å²) in [6.45, 7) is 2.75. The number of rotatable bonds is 5. The number of unbranched alkanes of at least 4 members (excludes halogenated alkanes) is 1. The van der Waals surface area contributed by atoms with Crippen molar-refractivity contribution < 1.29 is 12.8 Å². The third kappa shape index (κ3) is 3.62. The zero-order valence-corrected chi connectivity index (χ0v) is 14.4. The summed E-state index contributed by atoms with van der Waals surface area (Å²) in [6.07, 6.45) is 3.78. The first kappa shape index (κ1) is 17.0. The molecule has 0 bridgehead atoms. The number of hydrogen-bond acceptors (Lipinski definition) is 4. The maximum absolute atomic E-state index is 13.0. The summed E-state index contributed by atoms with van der Waals surface area (Å²) in [5.41, 5.74) is 2.45. The zero-order chi connectivity index (χ0) is 17.2. The number of benzene rings is 1. The first-order valence-corrected chi connectivity index (χ1v) is 9.69. The number of halogens is 1. The van der Waals surface area contributed by atoms with Crippen molar-refractivity contribution in [2.45, 2.75) is 32.7 Å². The third-order valence-electron chi connectivity index (χ3n) is 4.15. The van der Waals surface area contributed by atoms with Gasteiger partial charge in [-0.05, 0) is 30.7 Å². The SMILES string of the molecule is CCCCS(=O)(=O)N1CCc2nc(-c3ccc(F)cc3)ncc2C1. The van der Waals surface area contributed by atoms with Crippen molar-refractivity contribution in [1.82, 2.24) is 14.3 Å². The summed E-state index contributed by atoms with van der Waals surface area (Å²) < 4.78 is 39.2. The molecule has 5 nitrogen and oxygen atoms in total. The predicted octanol–water partition coefficient (Wildman–Crippen LogP) is 2.77. The van der Waals surface area contributed by atoms with Crippen molar-refractivity contribution >= 4 is 10.0 Å². The fourth-order valence-electron chi connectivity index (χ4n) is 2.72. The van der Waals surface area contributed by atoms with Crippen molar-refractivity contribution in [3.63, 3.8) is 0 Å². The smallest absolute Gasteiger partial charge is 0.214 e.